The number of nitrogens with one attached hydrogen (secondary N) is 1. The molecule has 0 saturated carbocycles. The van der Waals surface area contributed by atoms with Crippen LogP contribution in [0.5, 0.6) is 0 Å². The molecule has 114 valence electrons. The summed E-state index contributed by atoms with van der Waals surface area (Å²) in [5.74, 6) is -2.29. The van der Waals surface area contributed by atoms with Gasteiger partial charge in [-0.1, -0.05) is 0 Å². The number of amides is 2. The molecular weight excluding hydrogens is 304 g/mol. The molecule has 0 aliphatic carbocycles. The highest BCUT2D eigenvalue weighted by Gasteiger charge is 2.38. The van der Waals surface area contributed by atoms with E-state index in [0.717, 1.165) is 22.0 Å². The molecule has 1 aromatic rings. The average Bonchev–Trinajstić information content (AvgIpc) is 2.91. The van der Waals surface area contributed by atoms with Crippen molar-refractivity contribution < 1.29 is 27.9 Å². The zero-order valence-corrected chi connectivity index (χ0v) is 11.7. The van der Waals surface area contributed by atoms with Gasteiger partial charge < -0.3 is 5.11 Å². The zero-order chi connectivity index (χ0) is 15.8. The Labute approximate surface area is 119 Å². The number of carbonyl (C=O) groups excluding carboxylic acids is 2. The Hall–Kier alpha value is -2.27. The SMILES string of the molecule is CN1C(=O)CC(NS(=O)(=O)c2cnn(CC(=O)O)c2)C1=O. The van der Waals surface area contributed by atoms with Gasteiger partial charge in [0.2, 0.25) is 21.8 Å². The lowest BCUT2D eigenvalue weighted by Crippen LogP contribution is -2.40. The van der Waals surface area contributed by atoms with Crippen molar-refractivity contribution in [1.82, 2.24) is 19.4 Å². The maximum atomic E-state index is 12.1. The van der Waals surface area contributed by atoms with Crippen LogP contribution in [0, 0.1) is 0 Å². The Morgan fingerprint density at radius 1 is 1.52 bits per heavy atom. The number of aromatic nitrogens is 2. The maximum Gasteiger partial charge on any atom is 0.325 e. The predicted octanol–water partition coefficient (Wildman–Crippen LogP) is -2.00. The Kier molecular flexibility index (Phi) is 3.78. The number of nitrogens with zero attached hydrogens (tertiary/aromatic N) is 3. The van der Waals surface area contributed by atoms with Crippen molar-refractivity contribution in [3.8, 4) is 0 Å². The first-order chi connectivity index (χ1) is 9.70. The average molecular weight is 316 g/mol. The van der Waals surface area contributed by atoms with Crippen LogP contribution in [0.4, 0.5) is 0 Å². The summed E-state index contributed by atoms with van der Waals surface area (Å²) in [6.07, 6.45) is 1.75. The van der Waals surface area contributed by atoms with Gasteiger partial charge in [0.05, 0.1) is 12.6 Å². The van der Waals surface area contributed by atoms with E-state index in [9.17, 15) is 22.8 Å². The van der Waals surface area contributed by atoms with Crippen LogP contribution < -0.4 is 4.72 Å². The molecule has 0 radical (unpaired) electrons. The lowest BCUT2D eigenvalue weighted by atomic mass is 10.3. The van der Waals surface area contributed by atoms with E-state index in [2.05, 4.69) is 9.82 Å². The number of rotatable bonds is 5. The van der Waals surface area contributed by atoms with Crippen molar-refractivity contribution in [3.05, 3.63) is 12.4 Å². The molecule has 2 N–H and O–H groups in total. The van der Waals surface area contributed by atoms with E-state index >= 15 is 0 Å². The van der Waals surface area contributed by atoms with Gasteiger partial charge in [0, 0.05) is 13.2 Å². The standard InChI is InChI=1S/C10H12N4O6S/c1-13-8(15)2-7(10(13)18)12-21(19,20)6-3-11-14(4-6)5-9(16)17/h3-4,7,12H,2,5H2,1H3,(H,16,17). The van der Waals surface area contributed by atoms with Crippen molar-refractivity contribution in [2.24, 2.45) is 0 Å². The van der Waals surface area contributed by atoms with Crippen LogP contribution in [0.25, 0.3) is 0 Å². The van der Waals surface area contributed by atoms with Crippen LogP contribution in [0.2, 0.25) is 0 Å². The fourth-order valence-electron chi connectivity index (χ4n) is 1.81. The zero-order valence-electron chi connectivity index (χ0n) is 10.9. The second-order valence-electron chi connectivity index (χ2n) is 4.44. The summed E-state index contributed by atoms with van der Waals surface area (Å²) >= 11 is 0. The fourth-order valence-corrected chi connectivity index (χ4v) is 2.95. The topological polar surface area (TPSA) is 139 Å². The molecule has 1 aromatic heterocycles. The largest absolute Gasteiger partial charge is 0.480 e. The van der Waals surface area contributed by atoms with Crippen molar-refractivity contribution in [2.75, 3.05) is 7.05 Å². The summed E-state index contributed by atoms with van der Waals surface area (Å²) in [6.45, 7) is -0.487. The monoisotopic (exact) mass is 316 g/mol. The van der Waals surface area contributed by atoms with Crippen molar-refractivity contribution in [2.45, 2.75) is 23.9 Å². The summed E-state index contributed by atoms with van der Waals surface area (Å²) in [5.41, 5.74) is 0. The first-order valence-electron chi connectivity index (χ1n) is 5.77. The Balaban J connectivity index is 2.15. The van der Waals surface area contributed by atoms with Gasteiger partial charge in [0.25, 0.3) is 0 Å². The highest BCUT2D eigenvalue weighted by molar-refractivity contribution is 7.89. The third kappa shape index (κ3) is 3.08. The second-order valence-corrected chi connectivity index (χ2v) is 6.15. The summed E-state index contributed by atoms with van der Waals surface area (Å²) in [6, 6.07) is -1.16. The number of hydrogen-bond acceptors (Lipinski definition) is 6. The molecule has 1 fully saturated rings. The van der Waals surface area contributed by atoms with Crippen LogP contribution >= 0.6 is 0 Å². The minimum absolute atomic E-state index is 0.252. The molecule has 1 unspecified atom stereocenters. The van der Waals surface area contributed by atoms with Gasteiger partial charge in [-0.2, -0.15) is 9.82 Å². The first-order valence-corrected chi connectivity index (χ1v) is 7.26. The Bertz CT molecular complexity index is 709. The van der Waals surface area contributed by atoms with E-state index < -0.39 is 40.4 Å². The molecule has 21 heavy (non-hydrogen) atoms. The van der Waals surface area contributed by atoms with Gasteiger partial charge in [-0.05, 0) is 0 Å². The van der Waals surface area contributed by atoms with E-state index in [0.29, 0.717) is 0 Å². The maximum absolute atomic E-state index is 12.1. The number of likely N-dealkylation sites (tertiary alicyclic amines) is 1. The van der Waals surface area contributed by atoms with Gasteiger partial charge in [-0.15, -0.1) is 0 Å². The van der Waals surface area contributed by atoms with Crippen LogP contribution in [0.15, 0.2) is 17.3 Å². The van der Waals surface area contributed by atoms with Gasteiger partial charge in [-0.25, -0.2) is 8.42 Å². The normalized spacial score (nSPS) is 19.3. The molecule has 1 saturated heterocycles. The molecule has 11 heteroatoms. The summed E-state index contributed by atoms with van der Waals surface area (Å²) in [5, 5.41) is 12.2. The molecule has 1 atom stereocenters. The molecule has 2 amide bonds. The third-order valence-electron chi connectivity index (χ3n) is 2.90. The lowest BCUT2D eigenvalue weighted by molar-refractivity contribution is -0.138. The molecule has 0 bridgehead atoms. The first kappa shape index (κ1) is 15.1. The number of hydrogen-bond donors (Lipinski definition) is 2. The van der Waals surface area contributed by atoms with Crippen LogP contribution in [0.1, 0.15) is 6.42 Å². The minimum atomic E-state index is -4.06. The Morgan fingerprint density at radius 3 is 2.71 bits per heavy atom. The number of aliphatic carboxylic acids is 1. The fraction of sp³-hybridized carbons (Fsp3) is 0.400. The molecule has 10 nitrogen and oxygen atoms in total. The lowest BCUT2D eigenvalue weighted by Gasteiger charge is -2.10. The van der Waals surface area contributed by atoms with E-state index in [1.807, 2.05) is 0 Å². The number of carbonyl (C=O) groups is 3. The molecule has 0 aromatic carbocycles. The smallest absolute Gasteiger partial charge is 0.325 e. The highest BCUT2D eigenvalue weighted by atomic mass is 32.2. The molecule has 2 rings (SSSR count). The summed E-state index contributed by atoms with van der Waals surface area (Å²) in [7, 11) is -2.80. The van der Waals surface area contributed by atoms with Crippen molar-refractivity contribution >= 4 is 27.8 Å². The van der Waals surface area contributed by atoms with E-state index in [1.165, 1.54) is 7.05 Å². The van der Waals surface area contributed by atoms with Gasteiger partial charge >= 0.3 is 5.97 Å². The molecule has 0 spiro atoms. The predicted molar refractivity (Wildman–Crippen MR) is 66.4 cm³/mol. The Morgan fingerprint density at radius 2 is 2.19 bits per heavy atom. The number of carboxylic acids is 1. The summed E-state index contributed by atoms with van der Waals surface area (Å²) in [4.78, 5) is 34.1. The van der Waals surface area contributed by atoms with Crippen LogP contribution in [-0.2, 0) is 31.0 Å². The molecule has 1 aliphatic rings. The van der Waals surface area contributed by atoms with Crippen molar-refractivity contribution in [3.63, 3.8) is 0 Å². The van der Waals surface area contributed by atoms with Gasteiger partial charge in [-0.3, -0.25) is 24.0 Å². The van der Waals surface area contributed by atoms with E-state index in [-0.39, 0.29) is 11.3 Å². The summed E-state index contributed by atoms with van der Waals surface area (Å²) < 4.78 is 27.1. The number of likely N-dealkylation sites (N-methyl/N-ethyl adjacent to an activating group) is 1. The highest BCUT2D eigenvalue weighted by Crippen LogP contribution is 2.15. The molecule has 2 heterocycles. The van der Waals surface area contributed by atoms with E-state index in [4.69, 9.17) is 5.11 Å². The second kappa shape index (κ2) is 5.26. The van der Waals surface area contributed by atoms with E-state index in [1.54, 1.807) is 0 Å². The quantitative estimate of drug-likeness (QED) is 0.599. The van der Waals surface area contributed by atoms with Crippen LogP contribution in [0.3, 0.4) is 0 Å². The number of carboxylic acid groups (broad SMARTS) is 1. The number of imide groups is 1. The number of sulfonamides is 1. The molecular formula is C10H12N4O6S. The van der Waals surface area contributed by atoms with Crippen molar-refractivity contribution in [1.29, 1.82) is 0 Å². The minimum Gasteiger partial charge on any atom is -0.480 e. The molecule has 1 aliphatic heterocycles. The van der Waals surface area contributed by atoms with Gasteiger partial charge in [0.1, 0.15) is 17.5 Å². The van der Waals surface area contributed by atoms with Gasteiger partial charge in [0.15, 0.2) is 0 Å². The van der Waals surface area contributed by atoms with Crippen LogP contribution in [-0.4, -0.2) is 59.1 Å². The third-order valence-corrected chi connectivity index (χ3v) is 4.32.